The highest BCUT2D eigenvalue weighted by Crippen LogP contribution is 2.20. The smallest absolute Gasteiger partial charge is 0.257 e. The van der Waals surface area contributed by atoms with Gasteiger partial charge in [0.05, 0.1) is 18.2 Å². The molecule has 41 heavy (non-hydrogen) atoms. The lowest BCUT2D eigenvalue weighted by molar-refractivity contribution is 0.0948. The van der Waals surface area contributed by atoms with Crippen molar-refractivity contribution in [2.24, 2.45) is 0 Å². The molecular weight excluding hydrogens is 542 g/mol. The highest BCUT2D eigenvalue weighted by molar-refractivity contribution is 6.30. The molecule has 8 nitrogen and oxygen atoms in total. The number of ether oxygens (including phenoxy) is 1. The molecule has 1 atom stereocenters. The molecule has 0 aliphatic carbocycles. The molecule has 216 valence electrons. The second kappa shape index (κ2) is 14.3. The summed E-state index contributed by atoms with van der Waals surface area (Å²) < 4.78 is 7.58. The van der Waals surface area contributed by atoms with Gasteiger partial charge in [0.1, 0.15) is 11.3 Å². The molecular formula is C32H36ClN3O5. The Morgan fingerprint density at radius 1 is 1.05 bits per heavy atom. The first-order valence-corrected chi connectivity index (χ1v) is 14.0. The number of likely N-dealkylation sites (N-methyl/N-ethyl adjacent to an activating group) is 1. The van der Waals surface area contributed by atoms with E-state index in [4.69, 9.17) is 16.3 Å². The van der Waals surface area contributed by atoms with Gasteiger partial charge in [-0.15, -0.1) is 0 Å². The second-order valence-corrected chi connectivity index (χ2v) is 10.6. The van der Waals surface area contributed by atoms with Crippen molar-refractivity contribution in [3.63, 3.8) is 0 Å². The number of carbonyl (C=O) groups excluding carboxylic acids is 1. The van der Waals surface area contributed by atoms with Gasteiger partial charge in [-0.05, 0) is 66.6 Å². The Morgan fingerprint density at radius 2 is 1.76 bits per heavy atom. The number of aliphatic hydroxyl groups is 1. The molecule has 1 aromatic heterocycles. The van der Waals surface area contributed by atoms with Crippen molar-refractivity contribution >= 4 is 28.4 Å². The molecule has 0 saturated heterocycles. The van der Waals surface area contributed by atoms with Crippen LogP contribution >= 0.6 is 11.6 Å². The molecule has 1 unspecified atom stereocenters. The van der Waals surface area contributed by atoms with E-state index in [0.29, 0.717) is 48.8 Å². The lowest BCUT2D eigenvalue weighted by Gasteiger charge is -2.21. The summed E-state index contributed by atoms with van der Waals surface area (Å²) >= 11 is 5.96. The van der Waals surface area contributed by atoms with Crippen molar-refractivity contribution in [2.45, 2.75) is 39.1 Å². The van der Waals surface area contributed by atoms with Crippen LogP contribution in [0.25, 0.3) is 10.9 Å². The Balaban J connectivity index is 1.57. The summed E-state index contributed by atoms with van der Waals surface area (Å²) in [6.07, 6.45) is 1.77. The van der Waals surface area contributed by atoms with Crippen LogP contribution < -0.4 is 10.7 Å². The van der Waals surface area contributed by atoms with Crippen molar-refractivity contribution in [2.75, 3.05) is 26.8 Å². The highest BCUT2D eigenvalue weighted by Gasteiger charge is 2.17. The van der Waals surface area contributed by atoms with E-state index in [1.807, 2.05) is 53.8 Å². The number of aromatic nitrogens is 1. The average Bonchev–Trinajstić information content (AvgIpc) is 2.96. The number of phenolic OH excluding ortho intramolecular Hbond substituents is 1. The molecule has 3 N–H and O–H groups in total. The molecule has 0 radical (unpaired) electrons. The largest absolute Gasteiger partial charge is 0.508 e. The Kier molecular flexibility index (Phi) is 10.5. The van der Waals surface area contributed by atoms with Crippen LogP contribution in [-0.4, -0.2) is 52.4 Å². The Bertz CT molecular complexity index is 1520. The fourth-order valence-corrected chi connectivity index (χ4v) is 4.78. The van der Waals surface area contributed by atoms with Crippen molar-refractivity contribution in [1.82, 2.24) is 14.8 Å². The summed E-state index contributed by atoms with van der Waals surface area (Å²) in [7, 11) is 1.89. The maximum atomic E-state index is 13.6. The number of aromatic hydroxyl groups is 1. The fraction of sp³-hybridized carbons (Fsp3) is 0.312. The van der Waals surface area contributed by atoms with Gasteiger partial charge in [0, 0.05) is 49.4 Å². The van der Waals surface area contributed by atoms with Crippen LogP contribution in [0.3, 0.4) is 0 Å². The van der Waals surface area contributed by atoms with Crippen molar-refractivity contribution in [1.29, 1.82) is 0 Å². The van der Waals surface area contributed by atoms with Gasteiger partial charge in [-0.2, -0.15) is 0 Å². The highest BCUT2D eigenvalue weighted by atomic mass is 35.5. The predicted molar refractivity (Wildman–Crippen MR) is 161 cm³/mol. The SMILES string of the molecule is CCCOCCn1cc(C(=O)NCc2ccc(Cl)cc2)c(=O)c2cc(CN(C)CC(O)c3ccc(O)cc3)ccc21. The molecule has 0 fully saturated rings. The van der Waals surface area contributed by atoms with Gasteiger partial charge in [0.25, 0.3) is 5.91 Å². The minimum Gasteiger partial charge on any atom is -0.508 e. The van der Waals surface area contributed by atoms with Gasteiger partial charge in [0.15, 0.2) is 0 Å². The van der Waals surface area contributed by atoms with Gasteiger partial charge in [0.2, 0.25) is 5.43 Å². The number of aliphatic hydroxyl groups excluding tert-OH is 1. The van der Waals surface area contributed by atoms with Crippen LogP contribution in [0.15, 0.2) is 77.7 Å². The van der Waals surface area contributed by atoms with E-state index in [1.165, 1.54) is 0 Å². The number of rotatable bonds is 13. The van der Waals surface area contributed by atoms with Gasteiger partial charge >= 0.3 is 0 Å². The molecule has 4 aromatic rings. The summed E-state index contributed by atoms with van der Waals surface area (Å²) in [5, 5.41) is 24.1. The minimum atomic E-state index is -0.739. The molecule has 9 heteroatoms. The number of nitrogens with one attached hydrogen (secondary N) is 1. The maximum absolute atomic E-state index is 13.6. The number of nitrogens with zero attached hydrogens (tertiary/aromatic N) is 2. The van der Waals surface area contributed by atoms with Crippen LogP contribution in [0.4, 0.5) is 0 Å². The number of carbonyl (C=O) groups is 1. The van der Waals surface area contributed by atoms with Crippen molar-refractivity contribution < 1.29 is 19.7 Å². The summed E-state index contributed by atoms with van der Waals surface area (Å²) in [5.41, 5.74) is 2.90. The topological polar surface area (TPSA) is 104 Å². The van der Waals surface area contributed by atoms with Crippen LogP contribution in [0.2, 0.25) is 5.02 Å². The molecule has 0 bridgehead atoms. The third-order valence-electron chi connectivity index (χ3n) is 6.80. The van der Waals surface area contributed by atoms with Crippen LogP contribution in [0, 0.1) is 0 Å². The maximum Gasteiger partial charge on any atom is 0.257 e. The molecule has 1 amide bonds. The number of halogens is 1. The number of hydrogen-bond donors (Lipinski definition) is 3. The number of pyridine rings is 1. The molecule has 0 saturated carbocycles. The van der Waals surface area contributed by atoms with E-state index in [-0.39, 0.29) is 23.3 Å². The summed E-state index contributed by atoms with van der Waals surface area (Å²) in [6, 6.07) is 19.3. The van der Waals surface area contributed by atoms with E-state index in [1.54, 1.807) is 42.6 Å². The average molecular weight is 578 g/mol. The van der Waals surface area contributed by atoms with Gasteiger partial charge in [-0.25, -0.2) is 0 Å². The third-order valence-corrected chi connectivity index (χ3v) is 7.05. The third kappa shape index (κ3) is 8.17. The monoisotopic (exact) mass is 577 g/mol. The minimum absolute atomic E-state index is 0.0650. The van der Waals surface area contributed by atoms with Crippen LogP contribution in [0.5, 0.6) is 5.75 Å². The first-order valence-electron chi connectivity index (χ1n) is 13.7. The summed E-state index contributed by atoms with van der Waals surface area (Å²) in [6.45, 7) is 4.73. The fourth-order valence-electron chi connectivity index (χ4n) is 4.65. The molecule has 4 rings (SSSR count). The van der Waals surface area contributed by atoms with Gasteiger partial charge < -0.3 is 24.8 Å². The molecule has 3 aromatic carbocycles. The van der Waals surface area contributed by atoms with Crippen molar-refractivity contribution in [3.8, 4) is 5.75 Å². The second-order valence-electron chi connectivity index (χ2n) is 10.1. The van der Waals surface area contributed by atoms with E-state index in [2.05, 4.69) is 5.32 Å². The first-order chi connectivity index (χ1) is 19.7. The molecule has 0 spiro atoms. The zero-order valence-electron chi connectivity index (χ0n) is 23.3. The zero-order valence-corrected chi connectivity index (χ0v) is 24.1. The van der Waals surface area contributed by atoms with Gasteiger partial charge in [-0.3, -0.25) is 14.5 Å². The first kappa shape index (κ1) is 30.3. The van der Waals surface area contributed by atoms with E-state index >= 15 is 0 Å². The van der Waals surface area contributed by atoms with E-state index in [9.17, 15) is 19.8 Å². The molecule has 1 heterocycles. The summed E-state index contributed by atoms with van der Waals surface area (Å²) in [5.74, 6) is -0.305. The van der Waals surface area contributed by atoms with Crippen LogP contribution in [-0.2, 0) is 24.4 Å². The standard InChI is InChI=1S/C32H36ClN3O5/c1-3-15-41-16-14-36-20-28(32(40)34-18-22-4-9-25(33)10-5-22)31(39)27-17-23(6-13-29(27)36)19-35(2)21-30(38)24-7-11-26(37)12-8-24/h4-13,17,20,30,37-38H,3,14-16,18-19,21H2,1-2H3,(H,34,40). The normalized spacial score (nSPS) is 12.1. The lowest BCUT2D eigenvalue weighted by atomic mass is 10.1. The van der Waals surface area contributed by atoms with E-state index < -0.39 is 12.0 Å². The molecule has 0 aliphatic rings. The predicted octanol–water partition coefficient (Wildman–Crippen LogP) is 4.88. The number of hydrogen-bond acceptors (Lipinski definition) is 6. The van der Waals surface area contributed by atoms with Crippen molar-refractivity contribution in [3.05, 3.63) is 110 Å². The summed E-state index contributed by atoms with van der Waals surface area (Å²) in [4.78, 5) is 28.7. The van der Waals surface area contributed by atoms with Crippen LogP contribution in [0.1, 0.15) is 46.5 Å². The number of amides is 1. The molecule has 0 aliphatic heterocycles. The number of benzene rings is 3. The van der Waals surface area contributed by atoms with E-state index in [0.717, 1.165) is 23.1 Å². The van der Waals surface area contributed by atoms with Gasteiger partial charge in [-0.1, -0.05) is 48.9 Å². The number of phenols is 1. The zero-order chi connectivity index (χ0) is 29.4. The number of fused-ring (bicyclic) bond motifs is 1. The Labute approximate surface area is 244 Å². The Hall–Kier alpha value is -3.69. The quantitative estimate of drug-likeness (QED) is 0.196. The Morgan fingerprint density at radius 3 is 2.46 bits per heavy atom. The lowest BCUT2D eigenvalue weighted by Crippen LogP contribution is -2.30.